The second kappa shape index (κ2) is 6.91. The summed E-state index contributed by atoms with van der Waals surface area (Å²) in [7, 11) is 0. The van der Waals surface area contributed by atoms with E-state index in [9.17, 15) is 5.11 Å². The van der Waals surface area contributed by atoms with Gasteiger partial charge in [0.1, 0.15) is 0 Å². The van der Waals surface area contributed by atoms with Crippen molar-refractivity contribution >= 4 is 0 Å². The molecule has 0 heterocycles. The molecule has 18 heavy (non-hydrogen) atoms. The number of rotatable bonds is 6. The first-order valence-corrected chi connectivity index (χ1v) is 6.81. The normalized spacial score (nSPS) is 14.8. The van der Waals surface area contributed by atoms with Crippen molar-refractivity contribution in [2.45, 2.75) is 53.2 Å². The molecule has 0 bridgehead atoms. The van der Waals surface area contributed by atoms with Crippen LogP contribution in [0.4, 0.5) is 0 Å². The smallest absolute Gasteiger partial charge is 0.0859 e. The molecule has 0 aliphatic carbocycles. The van der Waals surface area contributed by atoms with Crippen molar-refractivity contribution in [1.29, 1.82) is 0 Å². The second-order valence-corrected chi connectivity index (χ2v) is 5.37. The third kappa shape index (κ3) is 4.11. The van der Waals surface area contributed by atoms with Crippen LogP contribution in [0.5, 0.6) is 0 Å². The lowest BCUT2D eigenvalue weighted by atomic mass is 9.93. The maximum Gasteiger partial charge on any atom is 0.0859 e. The minimum atomic E-state index is -0.439. The summed E-state index contributed by atoms with van der Waals surface area (Å²) in [4.78, 5) is 0. The molecule has 0 amide bonds. The molecule has 0 fully saturated rings. The highest BCUT2D eigenvalue weighted by molar-refractivity contribution is 5.31. The molecule has 2 atom stereocenters. The summed E-state index contributed by atoms with van der Waals surface area (Å²) in [6.07, 6.45) is 0.136. The second-order valence-electron chi connectivity index (χ2n) is 5.37. The maximum absolute atomic E-state index is 10.4. The first-order valence-electron chi connectivity index (χ1n) is 6.81. The van der Waals surface area contributed by atoms with Crippen LogP contribution in [0.2, 0.25) is 0 Å². The maximum atomic E-state index is 10.4. The Morgan fingerprint density at radius 3 is 2.44 bits per heavy atom. The molecule has 1 aromatic rings. The molecular weight excluding hydrogens is 224 g/mol. The van der Waals surface area contributed by atoms with Crippen LogP contribution in [-0.2, 0) is 11.2 Å². The largest absolute Gasteiger partial charge is 0.390 e. The van der Waals surface area contributed by atoms with Crippen LogP contribution in [0.15, 0.2) is 18.2 Å². The van der Waals surface area contributed by atoms with E-state index in [2.05, 4.69) is 45.9 Å². The summed E-state index contributed by atoms with van der Waals surface area (Å²) >= 11 is 0. The summed E-state index contributed by atoms with van der Waals surface area (Å²) in [6.45, 7) is 11.0. The van der Waals surface area contributed by atoms with Gasteiger partial charge >= 0.3 is 0 Å². The fraction of sp³-hybridized carbons (Fsp3) is 0.625. The zero-order valence-electron chi connectivity index (χ0n) is 12.2. The molecule has 0 radical (unpaired) electrons. The van der Waals surface area contributed by atoms with Crippen LogP contribution >= 0.6 is 0 Å². The van der Waals surface area contributed by atoms with Crippen LogP contribution in [0.25, 0.3) is 0 Å². The number of aliphatic hydroxyl groups excluding tert-OH is 1. The van der Waals surface area contributed by atoms with E-state index < -0.39 is 6.10 Å². The third-order valence-corrected chi connectivity index (χ3v) is 3.33. The Morgan fingerprint density at radius 2 is 1.89 bits per heavy atom. The van der Waals surface area contributed by atoms with Crippen LogP contribution in [0, 0.1) is 19.8 Å². The zero-order valence-corrected chi connectivity index (χ0v) is 12.2. The lowest BCUT2D eigenvalue weighted by Gasteiger charge is -2.26. The van der Waals surface area contributed by atoms with Gasteiger partial charge < -0.3 is 9.84 Å². The molecule has 0 aliphatic heterocycles. The van der Waals surface area contributed by atoms with E-state index in [0.29, 0.717) is 18.9 Å². The van der Waals surface area contributed by atoms with E-state index >= 15 is 0 Å². The summed E-state index contributed by atoms with van der Waals surface area (Å²) in [5.41, 5.74) is 3.69. The summed E-state index contributed by atoms with van der Waals surface area (Å²) in [5.74, 6) is 0.324. The van der Waals surface area contributed by atoms with Gasteiger partial charge in [0.15, 0.2) is 0 Å². The molecule has 1 aromatic carbocycles. The molecule has 0 spiro atoms. The van der Waals surface area contributed by atoms with Crippen LogP contribution in [0.3, 0.4) is 0 Å². The van der Waals surface area contributed by atoms with Gasteiger partial charge in [0.05, 0.1) is 12.2 Å². The van der Waals surface area contributed by atoms with E-state index in [1.165, 1.54) is 16.7 Å². The number of benzene rings is 1. The Hall–Kier alpha value is -0.860. The van der Waals surface area contributed by atoms with Gasteiger partial charge in [0, 0.05) is 13.0 Å². The fourth-order valence-electron chi connectivity index (χ4n) is 2.30. The monoisotopic (exact) mass is 250 g/mol. The molecule has 102 valence electrons. The Balaban J connectivity index is 2.78. The Labute approximate surface area is 111 Å². The highest BCUT2D eigenvalue weighted by Crippen LogP contribution is 2.18. The summed E-state index contributed by atoms with van der Waals surface area (Å²) < 4.78 is 5.66. The Bertz CT molecular complexity index is 371. The van der Waals surface area contributed by atoms with Crippen molar-refractivity contribution in [2.24, 2.45) is 5.92 Å². The summed E-state index contributed by atoms with van der Waals surface area (Å²) in [6, 6.07) is 6.37. The van der Waals surface area contributed by atoms with Gasteiger partial charge in [0.2, 0.25) is 0 Å². The molecule has 0 aliphatic rings. The Kier molecular flexibility index (Phi) is 5.83. The molecule has 1 rings (SSSR count). The lowest BCUT2D eigenvalue weighted by Crippen LogP contribution is -2.35. The number of aryl methyl sites for hydroxylation is 2. The van der Waals surface area contributed by atoms with Gasteiger partial charge in [-0.05, 0) is 37.8 Å². The van der Waals surface area contributed by atoms with Crippen molar-refractivity contribution in [3.8, 4) is 0 Å². The van der Waals surface area contributed by atoms with Crippen LogP contribution < -0.4 is 0 Å². The minimum Gasteiger partial charge on any atom is -0.390 e. The molecule has 0 aromatic heterocycles. The van der Waals surface area contributed by atoms with Gasteiger partial charge in [0.25, 0.3) is 0 Å². The highest BCUT2D eigenvalue weighted by Gasteiger charge is 2.23. The third-order valence-electron chi connectivity index (χ3n) is 3.33. The minimum absolute atomic E-state index is 0.0880. The predicted molar refractivity (Wildman–Crippen MR) is 75.9 cm³/mol. The van der Waals surface area contributed by atoms with E-state index in [1.54, 1.807) is 0 Å². The van der Waals surface area contributed by atoms with Crippen LogP contribution in [-0.4, -0.2) is 23.9 Å². The highest BCUT2D eigenvalue weighted by atomic mass is 16.5. The van der Waals surface area contributed by atoms with Crippen LogP contribution in [0.1, 0.15) is 37.5 Å². The van der Waals surface area contributed by atoms with Gasteiger partial charge in [-0.3, -0.25) is 0 Å². The Morgan fingerprint density at radius 1 is 1.22 bits per heavy atom. The first kappa shape index (κ1) is 15.2. The molecule has 2 unspecified atom stereocenters. The van der Waals surface area contributed by atoms with E-state index in [0.717, 1.165) is 0 Å². The average molecular weight is 250 g/mol. The van der Waals surface area contributed by atoms with Gasteiger partial charge in [-0.1, -0.05) is 37.6 Å². The molecule has 2 heteroatoms. The first-order chi connectivity index (χ1) is 8.45. The predicted octanol–water partition coefficient (Wildman–Crippen LogP) is 3.27. The standard InChI is InChI=1S/C16H26O2/c1-6-18-16(11(2)3)15(17)10-14-9-12(4)7-8-13(14)5/h7-9,11,15-17H,6,10H2,1-5H3. The lowest BCUT2D eigenvalue weighted by molar-refractivity contribution is -0.0562. The molecular formula is C16H26O2. The number of ether oxygens (including phenoxy) is 1. The van der Waals surface area contributed by atoms with Gasteiger partial charge in [-0.15, -0.1) is 0 Å². The molecule has 0 saturated carbocycles. The van der Waals surface area contributed by atoms with Gasteiger partial charge in [-0.2, -0.15) is 0 Å². The van der Waals surface area contributed by atoms with Crippen molar-refractivity contribution in [3.63, 3.8) is 0 Å². The summed E-state index contributed by atoms with van der Waals surface area (Å²) in [5, 5.41) is 10.4. The average Bonchev–Trinajstić information content (AvgIpc) is 2.30. The fourth-order valence-corrected chi connectivity index (χ4v) is 2.30. The quantitative estimate of drug-likeness (QED) is 0.839. The number of hydrogen-bond acceptors (Lipinski definition) is 2. The molecule has 2 nitrogen and oxygen atoms in total. The number of hydrogen-bond donors (Lipinski definition) is 1. The van der Waals surface area contributed by atoms with E-state index in [-0.39, 0.29) is 6.10 Å². The SMILES string of the molecule is CCOC(C(C)C)C(O)Cc1cc(C)ccc1C. The molecule has 0 saturated heterocycles. The number of aliphatic hydroxyl groups is 1. The van der Waals surface area contributed by atoms with Gasteiger partial charge in [-0.25, -0.2) is 0 Å². The van der Waals surface area contributed by atoms with Crippen molar-refractivity contribution in [2.75, 3.05) is 6.61 Å². The zero-order chi connectivity index (χ0) is 13.7. The van der Waals surface area contributed by atoms with Crippen molar-refractivity contribution in [3.05, 3.63) is 34.9 Å². The topological polar surface area (TPSA) is 29.5 Å². The van der Waals surface area contributed by atoms with Crippen molar-refractivity contribution in [1.82, 2.24) is 0 Å². The van der Waals surface area contributed by atoms with Crippen molar-refractivity contribution < 1.29 is 9.84 Å². The molecule has 1 N–H and O–H groups in total. The van der Waals surface area contributed by atoms with E-state index in [4.69, 9.17) is 4.74 Å². The van der Waals surface area contributed by atoms with E-state index in [1.807, 2.05) is 6.92 Å².